The molecule has 5 aliphatic carbocycles. The maximum atomic E-state index is 13.8. The molecule has 4 saturated carbocycles. The lowest BCUT2D eigenvalue weighted by atomic mass is 9.46. The zero-order valence-corrected chi connectivity index (χ0v) is 29.8. The number of nitrogens with two attached hydrogens (primary N) is 1. The van der Waals surface area contributed by atoms with Gasteiger partial charge < -0.3 is 51.0 Å². The van der Waals surface area contributed by atoms with Crippen LogP contribution in [0.4, 0.5) is 4.79 Å². The predicted octanol–water partition coefficient (Wildman–Crippen LogP) is -0.0202. The SMILES string of the molecule is CCN(Cc1ccc(CNC(=O)OCCOC23CC4CC(C2)CC([C@H](N)C(=O)N2[C@H](C#N)C[C@@H]5C#C[C@@H]52)(C4)C3)cc1)C[C@H](O)[C@@H](O)[C@H](O)[C@H](O)CO. The van der Waals surface area contributed by atoms with Gasteiger partial charge in [0, 0.05) is 19.6 Å². The van der Waals surface area contributed by atoms with E-state index in [4.69, 9.17) is 20.3 Å². The van der Waals surface area contributed by atoms with Crippen LogP contribution in [0.2, 0.25) is 0 Å². The van der Waals surface area contributed by atoms with Crippen LogP contribution in [0.3, 0.4) is 0 Å². The number of ether oxygens (including phenoxy) is 2. The van der Waals surface area contributed by atoms with Crippen molar-refractivity contribution in [2.24, 2.45) is 28.9 Å². The standard InChI is InChI=1S/C38H53N5O9/c1-2-42(20-30(45)32(47)33(48)31(46)21-44)19-24-5-3-23(4-6-24)18-41-36(50)51-9-10-52-38-15-25-11-26(16-38)14-37(13-25,22-38)34(40)35(49)43-28(17-39)12-27-7-8-29(27)43/h3-6,25-34,44-48H,2,9-16,18-22,40H2,1H3,(H,41,50)/t25?,26?,27-,28-,29-,30-,31+,32+,33+,34+,37?,38?/m0/s1. The zero-order chi connectivity index (χ0) is 37.2. The third kappa shape index (κ3) is 7.96. The van der Waals surface area contributed by atoms with E-state index in [1.807, 2.05) is 36.1 Å². The zero-order valence-electron chi connectivity index (χ0n) is 29.8. The molecule has 10 atom stereocenters. The molecule has 1 aliphatic heterocycles. The second-order valence-electron chi connectivity index (χ2n) is 15.7. The fourth-order valence-electron chi connectivity index (χ4n) is 9.76. The van der Waals surface area contributed by atoms with Gasteiger partial charge in [0.2, 0.25) is 5.91 Å². The van der Waals surface area contributed by atoms with Gasteiger partial charge in [-0.2, -0.15) is 5.26 Å². The number of nitrogens with zero attached hydrogens (tertiary/aromatic N) is 3. The summed E-state index contributed by atoms with van der Waals surface area (Å²) in [4.78, 5) is 29.9. The van der Waals surface area contributed by atoms with Gasteiger partial charge in [0.1, 0.15) is 37.0 Å². The predicted molar refractivity (Wildman–Crippen MR) is 186 cm³/mol. The molecule has 1 aromatic rings. The molecule has 5 fully saturated rings. The first-order chi connectivity index (χ1) is 24.9. The summed E-state index contributed by atoms with van der Waals surface area (Å²) >= 11 is 0. The van der Waals surface area contributed by atoms with E-state index in [1.165, 1.54) is 0 Å². The van der Waals surface area contributed by atoms with Crippen molar-refractivity contribution in [1.29, 1.82) is 5.26 Å². The van der Waals surface area contributed by atoms with Crippen molar-refractivity contribution in [3.63, 3.8) is 0 Å². The van der Waals surface area contributed by atoms with E-state index in [9.17, 15) is 35.3 Å². The minimum Gasteiger partial charge on any atom is -0.447 e. The summed E-state index contributed by atoms with van der Waals surface area (Å²) < 4.78 is 12.0. The van der Waals surface area contributed by atoms with Crippen molar-refractivity contribution in [2.45, 2.75) is 113 Å². The number of hydrogen-bond acceptors (Lipinski definition) is 12. The summed E-state index contributed by atoms with van der Waals surface area (Å²) in [5, 5.41) is 61.4. The van der Waals surface area contributed by atoms with Crippen LogP contribution in [0, 0.1) is 46.3 Å². The number of fused-ring (bicyclic) bond motifs is 1. The van der Waals surface area contributed by atoms with Gasteiger partial charge in [-0.05, 0) is 79.9 Å². The lowest BCUT2D eigenvalue weighted by Crippen LogP contribution is -2.66. The number of aliphatic hydroxyl groups is 5. The summed E-state index contributed by atoms with van der Waals surface area (Å²) in [5.74, 6) is 6.92. The normalized spacial score (nSPS) is 32.4. The molecule has 6 aliphatic rings. The summed E-state index contributed by atoms with van der Waals surface area (Å²) in [6, 6.07) is 8.42. The molecule has 8 N–H and O–H groups in total. The van der Waals surface area contributed by atoms with E-state index in [0.29, 0.717) is 37.8 Å². The van der Waals surface area contributed by atoms with Crippen LogP contribution < -0.4 is 11.1 Å². The van der Waals surface area contributed by atoms with E-state index in [1.54, 1.807) is 4.90 Å². The number of amides is 2. The maximum Gasteiger partial charge on any atom is 0.407 e. The molecule has 284 valence electrons. The summed E-state index contributed by atoms with van der Waals surface area (Å²) in [6.45, 7) is 2.79. The van der Waals surface area contributed by atoms with Crippen molar-refractivity contribution in [3.05, 3.63) is 35.4 Å². The number of nitriles is 1. The molecule has 52 heavy (non-hydrogen) atoms. The number of likely N-dealkylation sites (tertiary alicyclic amines) is 1. The smallest absolute Gasteiger partial charge is 0.407 e. The van der Waals surface area contributed by atoms with Gasteiger partial charge in [0.05, 0.1) is 42.9 Å². The lowest BCUT2D eigenvalue weighted by Gasteiger charge is -2.63. The van der Waals surface area contributed by atoms with Crippen molar-refractivity contribution >= 4 is 12.0 Å². The Morgan fingerprint density at radius 3 is 2.33 bits per heavy atom. The van der Waals surface area contributed by atoms with Crippen LogP contribution in [-0.4, -0.2) is 128 Å². The van der Waals surface area contributed by atoms with E-state index < -0.39 is 54.8 Å². The van der Waals surface area contributed by atoms with Gasteiger partial charge in [0.25, 0.3) is 0 Å². The van der Waals surface area contributed by atoms with Crippen molar-refractivity contribution in [2.75, 3.05) is 32.9 Å². The van der Waals surface area contributed by atoms with Gasteiger partial charge in [-0.1, -0.05) is 43.0 Å². The Bertz CT molecular complexity index is 1530. The molecule has 4 bridgehead atoms. The van der Waals surface area contributed by atoms with Gasteiger partial charge in [0.15, 0.2) is 0 Å². The third-order valence-electron chi connectivity index (χ3n) is 12.1. The van der Waals surface area contributed by atoms with Gasteiger partial charge in [-0.3, -0.25) is 9.69 Å². The van der Waals surface area contributed by atoms with Gasteiger partial charge in [-0.25, -0.2) is 4.79 Å². The molecular formula is C38H53N5O9. The van der Waals surface area contributed by atoms with Crippen LogP contribution in [0.5, 0.6) is 0 Å². The number of hydrogen-bond donors (Lipinski definition) is 7. The van der Waals surface area contributed by atoms with Crippen molar-refractivity contribution < 1.29 is 44.6 Å². The molecule has 1 aromatic carbocycles. The van der Waals surface area contributed by atoms with Crippen LogP contribution in [0.1, 0.15) is 63.0 Å². The van der Waals surface area contributed by atoms with Crippen LogP contribution in [0.25, 0.3) is 0 Å². The van der Waals surface area contributed by atoms with Gasteiger partial charge in [-0.15, -0.1) is 0 Å². The van der Waals surface area contributed by atoms with Gasteiger partial charge >= 0.3 is 6.09 Å². The highest BCUT2D eigenvalue weighted by atomic mass is 16.6. The highest BCUT2D eigenvalue weighted by Gasteiger charge is 2.62. The summed E-state index contributed by atoms with van der Waals surface area (Å²) in [5.41, 5.74) is 7.85. The molecule has 14 nitrogen and oxygen atoms in total. The number of alkyl carbamates (subject to hydrolysis) is 1. The monoisotopic (exact) mass is 723 g/mol. The minimum absolute atomic E-state index is 0.0430. The van der Waals surface area contributed by atoms with E-state index >= 15 is 0 Å². The Hall–Kier alpha value is -3.31. The fraction of sp³-hybridized carbons (Fsp3) is 0.711. The Balaban J connectivity index is 0.934. The first-order valence-corrected chi connectivity index (χ1v) is 18.6. The summed E-state index contributed by atoms with van der Waals surface area (Å²) in [7, 11) is 0. The molecule has 7 rings (SSSR count). The molecule has 0 aromatic heterocycles. The van der Waals surface area contributed by atoms with E-state index in [-0.39, 0.29) is 49.6 Å². The van der Waals surface area contributed by atoms with Crippen LogP contribution in [-0.2, 0) is 27.4 Å². The number of aliphatic hydroxyl groups excluding tert-OH is 5. The molecule has 1 saturated heterocycles. The fourth-order valence-corrected chi connectivity index (χ4v) is 9.76. The Morgan fingerprint density at radius 1 is 1.04 bits per heavy atom. The third-order valence-corrected chi connectivity index (χ3v) is 12.1. The molecule has 0 spiro atoms. The van der Waals surface area contributed by atoms with E-state index in [2.05, 4.69) is 23.2 Å². The molecule has 1 heterocycles. The Labute approximate surface area is 304 Å². The first-order valence-electron chi connectivity index (χ1n) is 18.6. The Morgan fingerprint density at radius 2 is 1.71 bits per heavy atom. The average Bonchev–Trinajstić information content (AvgIpc) is 3.38. The molecule has 2 amide bonds. The topological polar surface area (TPSA) is 222 Å². The van der Waals surface area contributed by atoms with Crippen molar-refractivity contribution in [1.82, 2.24) is 15.1 Å². The second-order valence-corrected chi connectivity index (χ2v) is 15.7. The molecule has 14 heteroatoms. The number of likely N-dealkylation sites (N-methyl/N-ethyl adjacent to an activating group) is 1. The Kier molecular flexibility index (Phi) is 11.8. The van der Waals surface area contributed by atoms with Crippen molar-refractivity contribution in [3.8, 4) is 17.9 Å². The summed E-state index contributed by atoms with van der Waals surface area (Å²) in [6.07, 6.45) is -0.761. The number of rotatable bonds is 17. The van der Waals surface area contributed by atoms with Crippen LogP contribution >= 0.6 is 0 Å². The molecule has 0 radical (unpaired) electrons. The minimum atomic E-state index is -1.67. The number of benzene rings is 1. The van der Waals surface area contributed by atoms with E-state index in [0.717, 1.165) is 43.2 Å². The highest BCUT2D eigenvalue weighted by Crippen LogP contribution is 2.64. The number of carbonyl (C=O) groups excluding carboxylic acids is 2. The van der Waals surface area contributed by atoms with Crippen LogP contribution in [0.15, 0.2) is 24.3 Å². The largest absolute Gasteiger partial charge is 0.447 e. The molecule has 2 unspecified atom stereocenters. The second kappa shape index (κ2) is 16.0. The quantitative estimate of drug-likeness (QED) is 0.0833. The number of nitrogens with one attached hydrogen (secondary N) is 1. The average molecular weight is 724 g/mol. The lowest BCUT2D eigenvalue weighted by molar-refractivity contribution is -0.203. The maximum absolute atomic E-state index is 13.8. The highest BCUT2D eigenvalue weighted by molar-refractivity contribution is 5.85. The first kappa shape index (κ1) is 38.4. The number of carbonyl (C=O) groups is 2. The molecular weight excluding hydrogens is 670 g/mol.